The van der Waals surface area contributed by atoms with Crippen molar-refractivity contribution in [1.82, 2.24) is 9.88 Å². The van der Waals surface area contributed by atoms with E-state index in [9.17, 15) is 23.2 Å². The maximum atomic E-state index is 13.5. The first-order chi connectivity index (χ1) is 14.6. The minimum absolute atomic E-state index is 0.0522. The zero-order valence-corrected chi connectivity index (χ0v) is 17.3. The molecule has 7 nitrogen and oxygen atoms in total. The molecular formula is C22H21F2N3O4. The van der Waals surface area contributed by atoms with Crippen molar-refractivity contribution < 1.29 is 27.9 Å². The summed E-state index contributed by atoms with van der Waals surface area (Å²) in [6.07, 6.45) is 5.44. The van der Waals surface area contributed by atoms with Gasteiger partial charge in [0.25, 0.3) is 17.6 Å². The Labute approximate surface area is 177 Å². The summed E-state index contributed by atoms with van der Waals surface area (Å²) in [6.45, 7) is 5.49. The van der Waals surface area contributed by atoms with E-state index >= 15 is 0 Å². The second-order valence-electron chi connectivity index (χ2n) is 7.26. The lowest BCUT2D eigenvalue weighted by Gasteiger charge is -2.37. The molecule has 2 heterocycles. The number of terminal acetylenes is 1. The minimum atomic E-state index is -1.11. The van der Waals surface area contributed by atoms with Gasteiger partial charge < -0.3 is 19.9 Å². The molecule has 1 fully saturated rings. The summed E-state index contributed by atoms with van der Waals surface area (Å²) in [4.78, 5) is 38.4. The molecule has 0 atom stereocenters. The van der Waals surface area contributed by atoms with Crippen LogP contribution in [0.15, 0.2) is 18.2 Å². The summed E-state index contributed by atoms with van der Waals surface area (Å²) in [7, 11) is 0. The zero-order valence-electron chi connectivity index (χ0n) is 17.3. The van der Waals surface area contributed by atoms with Crippen molar-refractivity contribution in [3.8, 4) is 12.3 Å². The maximum absolute atomic E-state index is 13.5. The fourth-order valence-corrected chi connectivity index (χ4v) is 3.57. The number of hydrogen-bond acceptors (Lipinski definition) is 4. The topological polar surface area (TPSA) is 89.4 Å². The lowest BCUT2D eigenvalue weighted by atomic mass is 9.97. The van der Waals surface area contributed by atoms with Crippen LogP contribution in [0.1, 0.15) is 39.0 Å². The van der Waals surface area contributed by atoms with E-state index < -0.39 is 34.8 Å². The van der Waals surface area contributed by atoms with Crippen LogP contribution in [0.3, 0.4) is 0 Å². The monoisotopic (exact) mass is 429 g/mol. The number of ether oxygens (including phenoxy) is 1. The molecule has 0 spiro atoms. The van der Waals surface area contributed by atoms with Crippen LogP contribution in [0.5, 0.6) is 0 Å². The van der Waals surface area contributed by atoms with E-state index in [4.69, 9.17) is 11.2 Å². The number of benzene rings is 1. The van der Waals surface area contributed by atoms with Crippen molar-refractivity contribution >= 4 is 23.3 Å². The van der Waals surface area contributed by atoms with Crippen LogP contribution >= 0.6 is 0 Å². The fraction of sp³-hybridized carbons (Fsp3) is 0.318. The van der Waals surface area contributed by atoms with Crippen molar-refractivity contribution in [2.75, 3.05) is 18.5 Å². The molecule has 162 valence electrons. The average molecular weight is 429 g/mol. The molecule has 1 aliphatic rings. The number of carbonyl (C=O) groups excluding carboxylic acids is 3. The van der Waals surface area contributed by atoms with Gasteiger partial charge in [-0.3, -0.25) is 14.4 Å². The second-order valence-corrected chi connectivity index (χ2v) is 7.26. The van der Waals surface area contributed by atoms with Crippen molar-refractivity contribution in [1.29, 1.82) is 0 Å². The van der Waals surface area contributed by atoms with Gasteiger partial charge >= 0.3 is 0 Å². The van der Waals surface area contributed by atoms with Crippen molar-refractivity contribution in [2.45, 2.75) is 32.9 Å². The number of rotatable bonds is 6. The molecule has 1 aromatic carbocycles. The van der Waals surface area contributed by atoms with Crippen LogP contribution in [0, 0.1) is 37.8 Å². The van der Waals surface area contributed by atoms with Gasteiger partial charge in [-0.05, 0) is 38.5 Å². The Morgan fingerprint density at radius 3 is 2.42 bits per heavy atom. The van der Waals surface area contributed by atoms with Gasteiger partial charge in [-0.25, -0.2) is 8.78 Å². The van der Waals surface area contributed by atoms with Gasteiger partial charge in [0.05, 0.1) is 18.8 Å². The first-order valence-corrected chi connectivity index (χ1v) is 9.52. The molecule has 2 aromatic rings. The molecule has 3 rings (SSSR count). The lowest BCUT2D eigenvalue weighted by Crippen LogP contribution is -2.62. The highest BCUT2D eigenvalue weighted by molar-refractivity contribution is 6.44. The van der Waals surface area contributed by atoms with Gasteiger partial charge in [-0.2, -0.15) is 0 Å². The first kappa shape index (κ1) is 22.2. The zero-order chi connectivity index (χ0) is 22.9. The molecule has 2 N–H and O–H groups in total. The summed E-state index contributed by atoms with van der Waals surface area (Å²) in [6, 6.07) is 2.97. The van der Waals surface area contributed by atoms with Crippen LogP contribution in [0.2, 0.25) is 0 Å². The summed E-state index contributed by atoms with van der Waals surface area (Å²) >= 11 is 0. The third kappa shape index (κ3) is 3.94. The molecule has 9 heteroatoms. The van der Waals surface area contributed by atoms with Gasteiger partial charge in [-0.15, -0.1) is 6.42 Å². The molecular weight excluding hydrogens is 408 g/mol. The van der Waals surface area contributed by atoms with Crippen LogP contribution in [-0.2, 0) is 16.1 Å². The summed E-state index contributed by atoms with van der Waals surface area (Å²) < 4.78 is 33.2. The smallest absolute Gasteiger partial charge is 0.293 e. The van der Waals surface area contributed by atoms with E-state index in [1.54, 1.807) is 25.3 Å². The third-order valence-corrected chi connectivity index (χ3v) is 5.23. The largest absolute Gasteiger partial charge is 0.374 e. The molecule has 0 bridgehead atoms. The third-order valence-electron chi connectivity index (χ3n) is 5.23. The number of anilines is 1. The van der Waals surface area contributed by atoms with E-state index in [1.807, 2.05) is 0 Å². The Kier molecular flexibility index (Phi) is 5.95. The number of halogens is 2. The van der Waals surface area contributed by atoms with Crippen molar-refractivity contribution in [3.05, 3.63) is 52.3 Å². The van der Waals surface area contributed by atoms with E-state index in [-0.39, 0.29) is 30.2 Å². The summed E-state index contributed by atoms with van der Waals surface area (Å²) in [5.41, 5.74) is -0.0261. The quantitative estimate of drug-likeness (QED) is 0.419. The van der Waals surface area contributed by atoms with Crippen LogP contribution in [0.25, 0.3) is 0 Å². The SMILES string of the molecule is C#CC1(NC(=O)C(=O)c2c(C)c(C(=O)Nc3ccc(F)c(F)c3)n(CC)c2C)COC1. The molecule has 1 aliphatic heterocycles. The maximum Gasteiger partial charge on any atom is 0.293 e. The molecule has 31 heavy (non-hydrogen) atoms. The standard InChI is InChI=1S/C22H21F2N3O4/c1-5-22(10-31-11-22)26-21(30)19(28)17-12(3)18(27(6-2)13(17)4)20(29)25-14-7-8-15(23)16(24)9-14/h1,7-9H,6,10-11H2,2-4H3,(H,25,29)(H,26,30). The number of Topliss-reactive ketones (excluding diaryl/α,β-unsaturated/α-hetero) is 1. The molecule has 0 aliphatic carbocycles. The highest BCUT2D eigenvalue weighted by Gasteiger charge is 2.40. The average Bonchev–Trinajstić information content (AvgIpc) is 2.96. The van der Waals surface area contributed by atoms with Gasteiger partial charge in [0.2, 0.25) is 0 Å². The van der Waals surface area contributed by atoms with Crippen LogP contribution in [0.4, 0.5) is 14.5 Å². The normalized spacial score (nSPS) is 14.3. The number of hydrogen-bond donors (Lipinski definition) is 2. The predicted octanol–water partition coefficient (Wildman–Crippen LogP) is 2.36. The number of amides is 2. The highest BCUT2D eigenvalue weighted by atomic mass is 19.2. The summed E-state index contributed by atoms with van der Waals surface area (Å²) in [5.74, 6) is -2.06. The molecule has 2 amide bonds. The first-order valence-electron chi connectivity index (χ1n) is 9.52. The minimum Gasteiger partial charge on any atom is -0.374 e. The number of carbonyl (C=O) groups is 3. The fourth-order valence-electron chi connectivity index (χ4n) is 3.57. The van der Waals surface area contributed by atoms with Crippen LogP contribution < -0.4 is 10.6 Å². The van der Waals surface area contributed by atoms with Gasteiger partial charge in [0.15, 0.2) is 11.6 Å². The Bertz CT molecular complexity index is 1130. The van der Waals surface area contributed by atoms with Gasteiger partial charge in [-0.1, -0.05) is 5.92 Å². The molecule has 0 radical (unpaired) electrons. The van der Waals surface area contributed by atoms with Gasteiger partial charge in [0, 0.05) is 24.0 Å². The van der Waals surface area contributed by atoms with Crippen molar-refractivity contribution in [2.24, 2.45) is 0 Å². The van der Waals surface area contributed by atoms with E-state index in [0.717, 1.165) is 12.1 Å². The molecule has 0 saturated carbocycles. The Morgan fingerprint density at radius 2 is 1.90 bits per heavy atom. The van der Waals surface area contributed by atoms with E-state index in [0.29, 0.717) is 17.8 Å². The molecule has 0 unspecified atom stereocenters. The summed E-state index contributed by atoms with van der Waals surface area (Å²) in [5, 5.41) is 5.02. The number of nitrogens with zero attached hydrogens (tertiary/aromatic N) is 1. The van der Waals surface area contributed by atoms with Gasteiger partial charge in [0.1, 0.15) is 11.2 Å². The Balaban J connectivity index is 1.92. The Morgan fingerprint density at radius 1 is 1.23 bits per heavy atom. The lowest BCUT2D eigenvalue weighted by molar-refractivity contribution is -0.124. The Hall–Kier alpha value is -3.51. The second kappa shape index (κ2) is 8.32. The number of nitrogens with one attached hydrogen (secondary N) is 2. The van der Waals surface area contributed by atoms with E-state index in [1.165, 1.54) is 6.07 Å². The molecule has 1 saturated heterocycles. The number of aromatic nitrogens is 1. The number of ketones is 1. The van der Waals surface area contributed by atoms with Crippen molar-refractivity contribution in [3.63, 3.8) is 0 Å². The van der Waals surface area contributed by atoms with Crippen LogP contribution in [-0.4, -0.2) is 40.9 Å². The highest BCUT2D eigenvalue weighted by Crippen LogP contribution is 2.25. The molecule has 1 aromatic heterocycles. The predicted molar refractivity (Wildman–Crippen MR) is 109 cm³/mol. The van der Waals surface area contributed by atoms with E-state index in [2.05, 4.69) is 16.6 Å².